The average molecular weight is 837 g/mol. The number of para-hydroxylation sites is 1. The molecule has 2 heterocycles. The van der Waals surface area contributed by atoms with Crippen LogP contribution in [0.5, 0.6) is 0 Å². The van der Waals surface area contributed by atoms with Crippen LogP contribution in [0.25, 0.3) is 75.8 Å². The van der Waals surface area contributed by atoms with E-state index < -0.39 is 0 Å². The maximum atomic E-state index is 7.53. The highest BCUT2D eigenvalue weighted by Gasteiger charge is 2.20. The Morgan fingerprint density at radius 2 is 0.969 bits per heavy atom. The van der Waals surface area contributed by atoms with Crippen LogP contribution in [-0.2, 0) is 0 Å². The second-order valence-electron chi connectivity index (χ2n) is 15.8. The van der Waals surface area contributed by atoms with Crippen LogP contribution >= 0.6 is 11.3 Å². The van der Waals surface area contributed by atoms with E-state index in [1.54, 1.807) is 0 Å². The molecule has 11 aromatic rings. The molecule has 0 saturated carbocycles. The summed E-state index contributed by atoms with van der Waals surface area (Å²) < 4.78 is 4.85. The van der Waals surface area contributed by atoms with Crippen molar-refractivity contribution in [1.29, 1.82) is 0 Å². The van der Waals surface area contributed by atoms with Gasteiger partial charge in [0.15, 0.2) is 5.69 Å². The zero-order valence-electron chi connectivity index (χ0n) is 34.9. The molecule has 0 radical (unpaired) electrons. The summed E-state index contributed by atoms with van der Waals surface area (Å²) in [6, 6.07) is 73.4. The lowest BCUT2D eigenvalue weighted by molar-refractivity contribution is 1.18. The Bertz CT molecular complexity index is 3590. The Morgan fingerprint density at radius 1 is 0.422 bits per heavy atom. The smallest absolute Gasteiger partial charge is 0.187 e. The van der Waals surface area contributed by atoms with Crippen LogP contribution in [0.1, 0.15) is 11.1 Å². The minimum Gasteiger partial charge on any atom is -0.310 e. The molecule has 0 aliphatic carbocycles. The summed E-state index contributed by atoms with van der Waals surface area (Å²) in [6.45, 7) is 15.7. The van der Waals surface area contributed by atoms with Crippen LogP contribution in [0.3, 0.4) is 0 Å². The van der Waals surface area contributed by atoms with Crippen LogP contribution in [0, 0.1) is 6.57 Å². The first-order chi connectivity index (χ1) is 31.6. The van der Waals surface area contributed by atoms with Crippen LogP contribution < -0.4 is 9.80 Å². The zero-order valence-corrected chi connectivity index (χ0v) is 35.7. The van der Waals surface area contributed by atoms with Gasteiger partial charge in [0.1, 0.15) is 0 Å². The monoisotopic (exact) mass is 836 g/mol. The quantitative estimate of drug-likeness (QED) is 0.128. The molecule has 0 amide bonds. The van der Waals surface area contributed by atoms with Gasteiger partial charge in [0.2, 0.25) is 0 Å². The summed E-state index contributed by atoms with van der Waals surface area (Å²) in [7, 11) is 0. The Kier molecular flexibility index (Phi) is 9.69. The second-order valence-corrected chi connectivity index (χ2v) is 16.9. The van der Waals surface area contributed by atoms with E-state index >= 15 is 0 Å². The van der Waals surface area contributed by atoms with E-state index in [2.05, 4.69) is 214 Å². The molecule has 0 unspecified atom stereocenters. The Labute approximate surface area is 376 Å². The van der Waals surface area contributed by atoms with Gasteiger partial charge in [-0.25, -0.2) is 4.85 Å². The molecular formula is C59H40N4S. The first kappa shape index (κ1) is 38.5. The van der Waals surface area contributed by atoms with Crippen LogP contribution in [0.2, 0.25) is 0 Å². The summed E-state index contributed by atoms with van der Waals surface area (Å²) in [6.07, 6.45) is 3.78. The summed E-state index contributed by atoms with van der Waals surface area (Å²) >= 11 is 1.83. The van der Waals surface area contributed by atoms with E-state index in [-0.39, 0.29) is 0 Å². The molecular weight excluding hydrogens is 797 g/mol. The highest BCUT2D eigenvalue weighted by Crippen LogP contribution is 2.44. The molecule has 9 aromatic carbocycles. The van der Waals surface area contributed by atoms with Crippen molar-refractivity contribution in [3.63, 3.8) is 0 Å². The molecule has 4 nitrogen and oxygen atoms in total. The number of benzene rings is 9. The minimum absolute atomic E-state index is 0.625. The number of thiophene rings is 1. The van der Waals surface area contributed by atoms with E-state index in [1.165, 1.54) is 30.9 Å². The lowest BCUT2D eigenvalue weighted by Gasteiger charge is -2.30. The van der Waals surface area contributed by atoms with E-state index in [9.17, 15) is 0 Å². The highest BCUT2D eigenvalue weighted by molar-refractivity contribution is 7.25. The lowest BCUT2D eigenvalue weighted by Crippen LogP contribution is -2.13. The second kappa shape index (κ2) is 16.1. The third kappa shape index (κ3) is 6.80. The molecule has 5 heteroatoms. The number of aromatic nitrogens is 1. The zero-order chi connectivity index (χ0) is 43.1. The van der Waals surface area contributed by atoms with Crippen molar-refractivity contribution in [3.05, 3.63) is 242 Å². The van der Waals surface area contributed by atoms with Gasteiger partial charge in [0.25, 0.3) is 0 Å². The number of rotatable bonds is 10. The third-order valence-corrected chi connectivity index (χ3v) is 13.2. The van der Waals surface area contributed by atoms with Gasteiger partial charge >= 0.3 is 0 Å². The normalized spacial score (nSPS) is 11.2. The maximum Gasteiger partial charge on any atom is 0.187 e. The number of hydrogen-bond donors (Lipinski definition) is 0. The molecule has 0 atom stereocenters. The van der Waals surface area contributed by atoms with Crippen LogP contribution in [0.4, 0.5) is 39.8 Å². The predicted octanol–water partition coefficient (Wildman–Crippen LogP) is 17.6. The molecule has 64 heavy (non-hydrogen) atoms. The molecule has 0 aliphatic heterocycles. The molecule has 0 fully saturated rings. The van der Waals surface area contributed by atoms with Crippen molar-refractivity contribution < 1.29 is 0 Å². The molecule has 11 rings (SSSR count). The molecule has 0 spiro atoms. The van der Waals surface area contributed by atoms with Gasteiger partial charge in [0.05, 0.1) is 17.6 Å². The van der Waals surface area contributed by atoms with E-state index in [4.69, 9.17) is 6.57 Å². The topological polar surface area (TPSA) is 15.8 Å². The number of nitrogens with zero attached hydrogens (tertiary/aromatic N) is 4. The van der Waals surface area contributed by atoms with Crippen LogP contribution in [0.15, 0.2) is 219 Å². The standard InChI is InChI=1S/C59H40N4S/c1-4-40-14-10-17-46(34-40)61(47-18-11-15-41(5-2)35-47)49-20-13-21-50(38-49)62(51-31-33-59-55(39-51)54-23-7-9-25-58(54)64-59)48-19-12-16-42(36-48)43-26-32-53-52-22-6-8-24-56(52)63(57(53)37-43)45-29-27-44(60-3)28-30-45/h4-39H,1-2H2. The van der Waals surface area contributed by atoms with Gasteiger partial charge in [-0.2, -0.15) is 0 Å². The number of fused-ring (bicyclic) bond motifs is 6. The first-order valence-corrected chi connectivity index (χ1v) is 22.1. The van der Waals surface area contributed by atoms with Gasteiger partial charge in [-0.3, -0.25) is 0 Å². The molecule has 0 N–H and O–H groups in total. The Morgan fingerprint density at radius 3 is 1.66 bits per heavy atom. The third-order valence-electron chi connectivity index (χ3n) is 12.0. The van der Waals surface area contributed by atoms with Crippen molar-refractivity contribution in [2.45, 2.75) is 0 Å². The highest BCUT2D eigenvalue weighted by atomic mass is 32.1. The first-order valence-electron chi connectivity index (χ1n) is 21.2. The van der Waals surface area contributed by atoms with Gasteiger partial charge in [-0.1, -0.05) is 128 Å². The predicted molar refractivity (Wildman–Crippen MR) is 275 cm³/mol. The number of anilines is 6. The molecule has 2 aromatic heterocycles. The van der Waals surface area contributed by atoms with E-state index in [0.717, 1.165) is 73.1 Å². The van der Waals surface area contributed by atoms with Gasteiger partial charge in [0, 0.05) is 70.8 Å². The molecule has 0 bridgehead atoms. The van der Waals surface area contributed by atoms with E-state index in [1.807, 2.05) is 47.8 Å². The van der Waals surface area contributed by atoms with Crippen molar-refractivity contribution in [2.75, 3.05) is 9.80 Å². The largest absolute Gasteiger partial charge is 0.310 e. The summed E-state index contributed by atoms with van der Waals surface area (Å²) in [5.41, 5.74) is 14.4. The SMILES string of the molecule is [C-]#[N+]c1ccc(-n2c3ccccc3c3ccc(-c4cccc(N(c5cccc(N(c6cccc(C=C)c6)c6cccc(C=C)c6)c5)c5ccc6sc7ccccc7c6c5)c4)cc32)cc1. The average Bonchev–Trinajstić information content (AvgIpc) is 3.90. The van der Waals surface area contributed by atoms with Crippen LogP contribution in [-0.4, -0.2) is 4.57 Å². The fraction of sp³-hybridized carbons (Fsp3) is 0. The molecule has 0 saturated heterocycles. The van der Waals surface area contributed by atoms with Gasteiger partial charge in [-0.05, 0) is 125 Å². The van der Waals surface area contributed by atoms with Crippen molar-refractivity contribution >= 4 is 105 Å². The van der Waals surface area contributed by atoms with Gasteiger partial charge < -0.3 is 14.4 Å². The van der Waals surface area contributed by atoms with E-state index in [0.29, 0.717) is 5.69 Å². The fourth-order valence-electron chi connectivity index (χ4n) is 9.03. The van der Waals surface area contributed by atoms with Crippen molar-refractivity contribution in [1.82, 2.24) is 4.57 Å². The van der Waals surface area contributed by atoms with Gasteiger partial charge in [-0.15, -0.1) is 11.3 Å². The molecule has 0 aliphatic rings. The maximum absolute atomic E-state index is 7.53. The summed E-state index contributed by atoms with van der Waals surface area (Å²) in [4.78, 5) is 8.33. The Balaban J connectivity index is 1.09. The minimum atomic E-state index is 0.625. The van der Waals surface area contributed by atoms with Crippen molar-refractivity contribution in [2.24, 2.45) is 0 Å². The fourth-order valence-corrected chi connectivity index (χ4v) is 10.1. The Hall–Kier alpha value is -8.43. The number of hydrogen-bond acceptors (Lipinski definition) is 3. The summed E-state index contributed by atoms with van der Waals surface area (Å²) in [5, 5.41) is 4.87. The molecule has 302 valence electrons. The summed E-state index contributed by atoms with van der Waals surface area (Å²) in [5.74, 6) is 0. The lowest BCUT2D eigenvalue weighted by atomic mass is 10.0. The van der Waals surface area contributed by atoms with Crippen molar-refractivity contribution in [3.8, 4) is 16.8 Å².